The number of rotatable bonds is 4. The summed E-state index contributed by atoms with van der Waals surface area (Å²) >= 11 is 0. The van der Waals surface area contributed by atoms with Crippen molar-refractivity contribution in [3.63, 3.8) is 0 Å². The maximum atomic E-state index is 11.8. The van der Waals surface area contributed by atoms with E-state index in [9.17, 15) is 30.0 Å². The lowest BCUT2D eigenvalue weighted by atomic mass is 9.73. The lowest BCUT2D eigenvalue weighted by molar-refractivity contribution is -0.488. The number of carbonyl (C=O) groups excluding carboxylic acids is 2. The van der Waals surface area contributed by atoms with Crippen molar-refractivity contribution in [1.82, 2.24) is 0 Å². The minimum Gasteiger partial charge on any atom is -0.372 e. The van der Waals surface area contributed by atoms with Gasteiger partial charge in [0.15, 0.2) is 11.6 Å². The van der Waals surface area contributed by atoms with Crippen LogP contribution in [-0.2, 0) is 23.8 Å². The molecule has 0 saturated carbocycles. The average molecular weight is 294 g/mol. The molecule has 20 heavy (non-hydrogen) atoms. The first kappa shape index (κ1) is 17.1. The van der Waals surface area contributed by atoms with Crippen LogP contribution in [-0.4, -0.2) is 75.8 Å². The van der Waals surface area contributed by atoms with Gasteiger partial charge in [-0.3, -0.25) is 9.59 Å². The highest BCUT2D eigenvalue weighted by atomic mass is 16.8. The van der Waals surface area contributed by atoms with Crippen molar-refractivity contribution in [2.45, 2.75) is 36.8 Å². The number of hydrogen-bond donors (Lipinski definition) is 4. The number of aliphatic hydroxyl groups is 4. The first-order valence-corrected chi connectivity index (χ1v) is 5.62. The Morgan fingerprint density at radius 2 is 1.50 bits per heavy atom. The SMILES string of the molecule is CO[C@@]1(O)[C@](O)(C(C)=O)[C@](O)(C(C)=O)OC[C@]1(O)OC. The van der Waals surface area contributed by atoms with Gasteiger partial charge in [0.1, 0.15) is 6.61 Å². The zero-order valence-electron chi connectivity index (χ0n) is 11.5. The monoisotopic (exact) mass is 294 g/mol. The number of methoxy groups -OCH3 is 2. The molecule has 1 aliphatic heterocycles. The largest absolute Gasteiger partial charge is 0.372 e. The Morgan fingerprint density at radius 1 is 1.00 bits per heavy atom. The van der Waals surface area contributed by atoms with E-state index in [-0.39, 0.29) is 0 Å². The van der Waals surface area contributed by atoms with Crippen molar-refractivity contribution in [2.75, 3.05) is 20.8 Å². The molecule has 9 nitrogen and oxygen atoms in total. The second-order valence-corrected chi connectivity index (χ2v) is 4.59. The molecule has 0 amide bonds. The van der Waals surface area contributed by atoms with Gasteiger partial charge in [0.25, 0.3) is 11.6 Å². The van der Waals surface area contributed by atoms with Gasteiger partial charge >= 0.3 is 0 Å². The van der Waals surface area contributed by atoms with E-state index in [0.717, 1.165) is 28.1 Å². The molecule has 0 radical (unpaired) electrons. The molecule has 1 aliphatic rings. The summed E-state index contributed by atoms with van der Waals surface area (Å²) in [5, 5.41) is 41.2. The van der Waals surface area contributed by atoms with E-state index in [1.165, 1.54) is 0 Å². The molecule has 1 saturated heterocycles. The van der Waals surface area contributed by atoms with E-state index in [4.69, 9.17) is 4.74 Å². The summed E-state index contributed by atoms with van der Waals surface area (Å²) in [6.07, 6.45) is 0. The Bertz CT molecular complexity index is 438. The third-order valence-corrected chi connectivity index (χ3v) is 3.61. The summed E-state index contributed by atoms with van der Waals surface area (Å²) in [7, 11) is 1.80. The van der Waals surface area contributed by atoms with E-state index >= 15 is 0 Å². The van der Waals surface area contributed by atoms with Crippen LogP contribution in [0.3, 0.4) is 0 Å². The highest BCUT2D eigenvalue weighted by molar-refractivity contribution is 5.97. The average Bonchev–Trinajstić information content (AvgIpc) is 2.40. The van der Waals surface area contributed by atoms with Crippen molar-refractivity contribution in [3.8, 4) is 0 Å². The molecular formula is C11H18O9. The second kappa shape index (κ2) is 4.81. The number of Topliss-reactive ketones (excluding diaryl/α,β-unsaturated/α-hetero) is 2. The Hall–Kier alpha value is -0.940. The Balaban J connectivity index is 3.66. The second-order valence-electron chi connectivity index (χ2n) is 4.59. The van der Waals surface area contributed by atoms with E-state index in [2.05, 4.69) is 9.47 Å². The molecule has 0 bridgehead atoms. The normalized spacial score (nSPS) is 45.2. The van der Waals surface area contributed by atoms with Crippen LogP contribution >= 0.6 is 0 Å². The zero-order chi connectivity index (χ0) is 16.0. The topological polar surface area (TPSA) is 143 Å². The quantitative estimate of drug-likeness (QED) is 0.407. The van der Waals surface area contributed by atoms with Gasteiger partial charge in [-0.1, -0.05) is 0 Å². The smallest absolute Gasteiger partial charge is 0.269 e. The van der Waals surface area contributed by atoms with Gasteiger partial charge in [-0.15, -0.1) is 0 Å². The highest BCUT2D eigenvalue weighted by Crippen LogP contribution is 2.47. The minimum atomic E-state index is -3.30. The molecule has 4 N–H and O–H groups in total. The van der Waals surface area contributed by atoms with Gasteiger partial charge in [0.2, 0.25) is 11.4 Å². The number of carbonyl (C=O) groups is 2. The lowest BCUT2D eigenvalue weighted by Gasteiger charge is -2.56. The summed E-state index contributed by atoms with van der Waals surface area (Å²) in [5.74, 6) is -11.4. The third kappa shape index (κ3) is 1.69. The predicted octanol–water partition coefficient (Wildman–Crippen LogP) is -2.72. The fourth-order valence-corrected chi connectivity index (χ4v) is 2.25. The van der Waals surface area contributed by atoms with Crippen LogP contribution in [0, 0.1) is 0 Å². The van der Waals surface area contributed by atoms with Crippen LogP contribution in [0.4, 0.5) is 0 Å². The first-order valence-electron chi connectivity index (χ1n) is 5.62. The lowest BCUT2D eigenvalue weighted by Crippen LogP contribution is -2.86. The first-order chi connectivity index (χ1) is 8.97. The van der Waals surface area contributed by atoms with Gasteiger partial charge in [0.05, 0.1) is 0 Å². The molecule has 0 aliphatic carbocycles. The molecule has 1 rings (SSSR count). The zero-order valence-corrected chi connectivity index (χ0v) is 11.5. The van der Waals surface area contributed by atoms with Gasteiger partial charge in [-0.05, 0) is 6.92 Å². The van der Waals surface area contributed by atoms with Crippen molar-refractivity contribution in [3.05, 3.63) is 0 Å². The predicted molar refractivity (Wildman–Crippen MR) is 61.1 cm³/mol. The maximum Gasteiger partial charge on any atom is 0.269 e. The minimum absolute atomic E-state index is 0.780. The van der Waals surface area contributed by atoms with Crippen LogP contribution in [0.2, 0.25) is 0 Å². The molecule has 0 aromatic carbocycles. The Kier molecular flexibility index (Phi) is 4.11. The highest BCUT2D eigenvalue weighted by Gasteiger charge is 2.80. The Labute approximate surface area is 114 Å². The molecule has 1 heterocycles. The van der Waals surface area contributed by atoms with Crippen molar-refractivity contribution >= 4 is 11.6 Å². The van der Waals surface area contributed by atoms with E-state index < -0.39 is 41.1 Å². The summed E-state index contributed by atoms with van der Waals surface area (Å²) in [6.45, 7) is 0.684. The molecule has 0 aromatic heterocycles. The van der Waals surface area contributed by atoms with Crippen LogP contribution in [0.1, 0.15) is 13.8 Å². The molecule has 0 unspecified atom stereocenters. The molecule has 9 heteroatoms. The Morgan fingerprint density at radius 3 is 1.80 bits per heavy atom. The molecule has 1 fully saturated rings. The molecule has 116 valence electrons. The van der Waals surface area contributed by atoms with Crippen molar-refractivity contribution in [2.24, 2.45) is 0 Å². The summed E-state index contributed by atoms with van der Waals surface area (Å²) < 4.78 is 14.0. The van der Waals surface area contributed by atoms with E-state index in [0.29, 0.717) is 0 Å². The van der Waals surface area contributed by atoms with Gasteiger partial charge < -0.3 is 34.6 Å². The summed E-state index contributed by atoms with van der Waals surface area (Å²) in [6, 6.07) is 0. The van der Waals surface area contributed by atoms with E-state index in [1.807, 2.05) is 0 Å². The molecule has 0 aromatic rings. The van der Waals surface area contributed by atoms with Crippen LogP contribution < -0.4 is 0 Å². The standard InChI is InChI=1S/C11H18O9/c1-6(12)9(15)10(16,7(2)13)20-5-8(14,18-3)11(9,17)19-4/h14-17H,5H2,1-4H3/t8-,9-,10-,11+/m0/s1. The molecule has 4 atom stereocenters. The summed E-state index contributed by atoms with van der Waals surface area (Å²) in [5.41, 5.74) is -3.30. The maximum absolute atomic E-state index is 11.8. The fraction of sp³-hybridized carbons (Fsp3) is 0.818. The molecular weight excluding hydrogens is 276 g/mol. The van der Waals surface area contributed by atoms with Crippen LogP contribution in [0.25, 0.3) is 0 Å². The number of hydrogen-bond acceptors (Lipinski definition) is 9. The molecule has 0 spiro atoms. The van der Waals surface area contributed by atoms with Gasteiger partial charge in [0, 0.05) is 21.1 Å². The van der Waals surface area contributed by atoms with Gasteiger partial charge in [-0.2, -0.15) is 0 Å². The van der Waals surface area contributed by atoms with Crippen molar-refractivity contribution < 1.29 is 44.2 Å². The van der Waals surface area contributed by atoms with Crippen LogP contribution in [0.15, 0.2) is 0 Å². The van der Waals surface area contributed by atoms with Gasteiger partial charge in [-0.25, -0.2) is 0 Å². The number of ether oxygens (including phenoxy) is 3. The summed E-state index contributed by atoms with van der Waals surface area (Å²) in [4.78, 5) is 23.3. The van der Waals surface area contributed by atoms with E-state index in [1.54, 1.807) is 0 Å². The third-order valence-electron chi connectivity index (χ3n) is 3.61. The van der Waals surface area contributed by atoms with Crippen LogP contribution in [0.5, 0.6) is 0 Å². The fourth-order valence-electron chi connectivity index (χ4n) is 2.25. The number of ketones is 2. The van der Waals surface area contributed by atoms with Crippen molar-refractivity contribution in [1.29, 1.82) is 0 Å².